The Kier molecular flexibility index (Phi) is 2.89. The summed E-state index contributed by atoms with van der Waals surface area (Å²) in [4.78, 5) is 2.59. The lowest BCUT2D eigenvalue weighted by Crippen LogP contribution is -2.55. The van der Waals surface area contributed by atoms with Crippen LogP contribution >= 0.6 is 0 Å². The van der Waals surface area contributed by atoms with Crippen LogP contribution in [0.5, 0.6) is 0 Å². The van der Waals surface area contributed by atoms with Crippen molar-refractivity contribution in [2.45, 2.75) is 50.5 Å². The monoisotopic (exact) mass is 182 g/mol. The normalized spacial score (nSPS) is 29.3. The van der Waals surface area contributed by atoms with Crippen LogP contribution in [-0.4, -0.2) is 30.1 Å². The highest BCUT2D eigenvalue weighted by atomic mass is 15.1. The van der Waals surface area contributed by atoms with Gasteiger partial charge in [-0.2, -0.15) is 0 Å². The molecule has 76 valence electrons. The molecule has 2 fully saturated rings. The summed E-state index contributed by atoms with van der Waals surface area (Å²) in [5.41, 5.74) is 6.44. The van der Waals surface area contributed by atoms with Crippen LogP contribution in [0.2, 0.25) is 0 Å². The quantitative estimate of drug-likeness (QED) is 0.705. The molecule has 0 spiro atoms. The van der Waals surface area contributed by atoms with Crippen molar-refractivity contribution in [3.8, 4) is 0 Å². The molecule has 1 aliphatic carbocycles. The fourth-order valence-corrected chi connectivity index (χ4v) is 2.53. The van der Waals surface area contributed by atoms with Crippen LogP contribution in [0.1, 0.15) is 44.9 Å². The number of hydrogen-bond donors (Lipinski definition) is 1. The van der Waals surface area contributed by atoms with Gasteiger partial charge in [0, 0.05) is 12.1 Å². The van der Waals surface area contributed by atoms with Gasteiger partial charge in [-0.05, 0) is 45.2 Å². The predicted molar refractivity (Wildman–Crippen MR) is 55.7 cm³/mol. The number of likely N-dealkylation sites (tertiary alicyclic amines) is 1. The summed E-state index contributed by atoms with van der Waals surface area (Å²) in [7, 11) is 0. The molecule has 2 heteroatoms. The minimum Gasteiger partial charge on any atom is -0.324 e. The molecule has 1 heterocycles. The summed E-state index contributed by atoms with van der Waals surface area (Å²) in [6.45, 7) is 3.74. The first-order valence-corrected chi connectivity index (χ1v) is 5.80. The fourth-order valence-electron chi connectivity index (χ4n) is 2.53. The SMILES string of the molecule is NC1(CN2CCCCCC2)CCC1. The van der Waals surface area contributed by atoms with Gasteiger partial charge in [-0.3, -0.25) is 0 Å². The maximum Gasteiger partial charge on any atom is 0.0283 e. The zero-order valence-electron chi connectivity index (χ0n) is 8.60. The molecule has 0 aromatic rings. The van der Waals surface area contributed by atoms with Crippen LogP contribution in [0, 0.1) is 0 Å². The highest BCUT2D eigenvalue weighted by Crippen LogP contribution is 2.30. The average Bonchev–Trinajstić information content (AvgIpc) is 2.30. The Morgan fingerprint density at radius 2 is 1.54 bits per heavy atom. The number of nitrogens with zero attached hydrogens (tertiary/aromatic N) is 1. The van der Waals surface area contributed by atoms with Gasteiger partial charge in [-0.1, -0.05) is 12.8 Å². The van der Waals surface area contributed by atoms with E-state index in [4.69, 9.17) is 5.73 Å². The van der Waals surface area contributed by atoms with Gasteiger partial charge in [0.1, 0.15) is 0 Å². The molecule has 2 N–H and O–H groups in total. The average molecular weight is 182 g/mol. The van der Waals surface area contributed by atoms with Crippen molar-refractivity contribution in [2.75, 3.05) is 19.6 Å². The molecule has 1 aliphatic heterocycles. The molecule has 0 amide bonds. The van der Waals surface area contributed by atoms with Crippen molar-refractivity contribution in [1.29, 1.82) is 0 Å². The molecule has 0 aromatic heterocycles. The second-order valence-corrected chi connectivity index (χ2v) is 4.91. The lowest BCUT2D eigenvalue weighted by Gasteiger charge is -2.41. The van der Waals surface area contributed by atoms with Crippen LogP contribution in [0.4, 0.5) is 0 Å². The molecular formula is C11H22N2. The van der Waals surface area contributed by atoms with Gasteiger partial charge in [0.05, 0.1) is 0 Å². The third kappa shape index (κ3) is 2.44. The van der Waals surface area contributed by atoms with Gasteiger partial charge in [-0.25, -0.2) is 0 Å². The molecule has 0 bridgehead atoms. The number of hydrogen-bond acceptors (Lipinski definition) is 2. The van der Waals surface area contributed by atoms with E-state index in [9.17, 15) is 0 Å². The highest BCUT2D eigenvalue weighted by molar-refractivity contribution is 4.95. The van der Waals surface area contributed by atoms with Gasteiger partial charge < -0.3 is 10.6 Å². The Morgan fingerprint density at radius 3 is 2.00 bits per heavy atom. The minimum atomic E-state index is 0.199. The van der Waals surface area contributed by atoms with Gasteiger partial charge in [-0.15, -0.1) is 0 Å². The largest absolute Gasteiger partial charge is 0.324 e. The maximum absolute atomic E-state index is 6.24. The summed E-state index contributed by atoms with van der Waals surface area (Å²) >= 11 is 0. The van der Waals surface area contributed by atoms with Crippen LogP contribution in [-0.2, 0) is 0 Å². The van der Waals surface area contributed by atoms with E-state index in [-0.39, 0.29) is 5.54 Å². The van der Waals surface area contributed by atoms with Crippen molar-refractivity contribution >= 4 is 0 Å². The van der Waals surface area contributed by atoms with Crippen molar-refractivity contribution in [3.63, 3.8) is 0 Å². The van der Waals surface area contributed by atoms with E-state index in [1.54, 1.807) is 0 Å². The van der Waals surface area contributed by atoms with Gasteiger partial charge in [0.15, 0.2) is 0 Å². The number of nitrogens with two attached hydrogens (primary N) is 1. The Morgan fingerprint density at radius 1 is 0.923 bits per heavy atom. The van der Waals surface area contributed by atoms with E-state index >= 15 is 0 Å². The van der Waals surface area contributed by atoms with E-state index in [2.05, 4.69) is 4.90 Å². The minimum absolute atomic E-state index is 0.199. The highest BCUT2D eigenvalue weighted by Gasteiger charge is 2.34. The zero-order valence-corrected chi connectivity index (χ0v) is 8.60. The van der Waals surface area contributed by atoms with Crippen LogP contribution < -0.4 is 5.73 Å². The molecule has 2 nitrogen and oxygen atoms in total. The lowest BCUT2D eigenvalue weighted by molar-refractivity contribution is 0.148. The summed E-state index contributed by atoms with van der Waals surface area (Å²) < 4.78 is 0. The van der Waals surface area contributed by atoms with Crippen molar-refractivity contribution < 1.29 is 0 Å². The first-order chi connectivity index (χ1) is 6.29. The van der Waals surface area contributed by atoms with E-state index in [0.717, 1.165) is 6.54 Å². The fraction of sp³-hybridized carbons (Fsp3) is 1.00. The first kappa shape index (κ1) is 9.47. The van der Waals surface area contributed by atoms with E-state index < -0.39 is 0 Å². The molecular weight excluding hydrogens is 160 g/mol. The Balaban J connectivity index is 1.78. The molecule has 2 aliphatic rings. The molecule has 0 unspecified atom stereocenters. The third-order valence-corrected chi connectivity index (χ3v) is 3.59. The topological polar surface area (TPSA) is 29.3 Å². The molecule has 2 rings (SSSR count). The molecule has 0 radical (unpaired) electrons. The van der Waals surface area contributed by atoms with Crippen molar-refractivity contribution in [3.05, 3.63) is 0 Å². The molecule has 13 heavy (non-hydrogen) atoms. The molecule has 0 atom stereocenters. The maximum atomic E-state index is 6.24. The molecule has 1 saturated carbocycles. The summed E-state index contributed by atoms with van der Waals surface area (Å²) in [5, 5.41) is 0. The summed E-state index contributed by atoms with van der Waals surface area (Å²) in [6.07, 6.45) is 9.48. The predicted octanol–water partition coefficient (Wildman–Crippen LogP) is 1.74. The molecule has 0 aromatic carbocycles. The smallest absolute Gasteiger partial charge is 0.0283 e. The zero-order chi connectivity index (χ0) is 9.15. The first-order valence-electron chi connectivity index (χ1n) is 5.80. The Labute approximate surface area is 81.5 Å². The van der Waals surface area contributed by atoms with Crippen molar-refractivity contribution in [2.24, 2.45) is 5.73 Å². The molecule has 1 saturated heterocycles. The van der Waals surface area contributed by atoms with E-state index in [1.807, 2.05) is 0 Å². The van der Waals surface area contributed by atoms with Gasteiger partial charge in [0.2, 0.25) is 0 Å². The second-order valence-electron chi connectivity index (χ2n) is 4.91. The van der Waals surface area contributed by atoms with Gasteiger partial charge >= 0.3 is 0 Å². The Hall–Kier alpha value is -0.0800. The van der Waals surface area contributed by atoms with E-state index in [1.165, 1.54) is 58.0 Å². The summed E-state index contributed by atoms with van der Waals surface area (Å²) in [5.74, 6) is 0. The number of rotatable bonds is 2. The van der Waals surface area contributed by atoms with Crippen LogP contribution in [0.3, 0.4) is 0 Å². The third-order valence-electron chi connectivity index (χ3n) is 3.59. The van der Waals surface area contributed by atoms with Crippen LogP contribution in [0.15, 0.2) is 0 Å². The standard InChI is InChI=1S/C11H22N2/c12-11(6-5-7-11)10-13-8-3-1-2-4-9-13/h1-10,12H2. The van der Waals surface area contributed by atoms with E-state index in [0.29, 0.717) is 0 Å². The van der Waals surface area contributed by atoms with Crippen LogP contribution in [0.25, 0.3) is 0 Å². The summed E-state index contributed by atoms with van der Waals surface area (Å²) in [6, 6.07) is 0. The second kappa shape index (κ2) is 3.97. The lowest BCUT2D eigenvalue weighted by atomic mass is 9.77. The Bertz CT molecular complexity index is 155. The van der Waals surface area contributed by atoms with Gasteiger partial charge in [0.25, 0.3) is 0 Å². The van der Waals surface area contributed by atoms with Crippen molar-refractivity contribution in [1.82, 2.24) is 4.90 Å².